The molecule has 0 amide bonds. The molecule has 0 saturated heterocycles. The van der Waals surface area contributed by atoms with Crippen molar-refractivity contribution in [2.75, 3.05) is 19.5 Å². The molecule has 8 heavy (non-hydrogen) atoms. The Morgan fingerprint density at radius 3 is 2.62 bits per heavy atom. The van der Waals surface area contributed by atoms with Gasteiger partial charge in [0.05, 0.1) is 0 Å². The second kappa shape index (κ2) is 2.77. The molecule has 0 atom stereocenters. The van der Waals surface area contributed by atoms with Crippen LogP contribution in [0.3, 0.4) is 0 Å². The Bertz CT molecular complexity index is 105. The van der Waals surface area contributed by atoms with Crippen LogP contribution in [0.2, 0.25) is 0 Å². The van der Waals surface area contributed by atoms with Gasteiger partial charge in [-0.05, 0) is 0 Å². The van der Waals surface area contributed by atoms with Crippen molar-refractivity contribution in [3.05, 3.63) is 12.2 Å². The van der Waals surface area contributed by atoms with Gasteiger partial charge in [-0.1, -0.05) is 0 Å². The van der Waals surface area contributed by atoms with Crippen LogP contribution in [0.5, 0.6) is 0 Å². The van der Waals surface area contributed by atoms with Gasteiger partial charge in [0.25, 0.3) is 0 Å². The number of rotatable bonds is 2. The van der Waals surface area contributed by atoms with Gasteiger partial charge >= 0.3 is 48.4 Å². The van der Waals surface area contributed by atoms with Crippen molar-refractivity contribution in [3.63, 3.8) is 0 Å². The zero-order chi connectivity index (χ0) is 5.82. The molecule has 42 valence electrons. The fourth-order valence-electron chi connectivity index (χ4n) is 0.776. The Kier molecular flexibility index (Phi) is 1.97. The van der Waals surface area contributed by atoms with E-state index in [1.165, 1.54) is 0 Å². The SMILES string of the molecule is O=BCN1CC=CC1. The first-order valence-electron chi connectivity index (χ1n) is 2.74. The van der Waals surface area contributed by atoms with E-state index in [-0.39, 0.29) is 0 Å². The Labute approximate surface area is 49.4 Å². The summed E-state index contributed by atoms with van der Waals surface area (Å²) in [6, 6.07) is 0. The average molecular weight is 109 g/mol. The molecule has 0 aliphatic carbocycles. The molecule has 0 N–H and O–H groups in total. The standard InChI is InChI=1S/C5H8BNO/c8-6-5-7-3-1-2-4-7/h1-2H,3-5H2. The Morgan fingerprint density at radius 2 is 2.12 bits per heavy atom. The molecule has 0 aromatic carbocycles. The molecular formula is C5H8BNO. The third-order valence-electron chi connectivity index (χ3n) is 1.23. The van der Waals surface area contributed by atoms with Gasteiger partial charge in [-0.2, -0.15) is 0 Å². The zero-order valence-electron chi connectivity index (χ0n) is 4.71. The molecule has 0 radical (unpaired) electrons. The molecule has 0 aromatic heterocycles. The van der Waals surface area contributed by atoms with Gasteiger partial charge in [-0.3, -0.25) is 0 Å². The fraction of sp³-hybridized carbons (Fsp3) is 0.600. The van der Waals surface area contributed by atoms with E-state index in [1.54, 1.807) is 0 Å². The summed E-state index contributed by atoms with van der Waals surface area (Å²) in [4.78, 5) is 2.06. The first-order valence-corrected chi connectivity index (χ1v) is 2.74. The van der Waals surface area contributed by atoms with E-state index in [2.05, 4.69) is 17.1 Å². The van der Waals surface area contributed by atoms with Crippen LogP contribution in [0.1, 0.15) is 0 Å². The summed E-state index contributed by atoms with van der Waals surface area (Å²) < 4.78 is 9.89. The summed E-state index contributed by atoms with van der Waals surface area (Å²) in [5.41, 5.74) is 0. The molecule has 0 fully saturated rings. The topological polar surface area (TPSA) is 20.3 Å². The first-order chi connectivity index (χ1) is 3.93. The maximum absolute atomic E-state index is 9.89. The van der Waals surface area contributed by atoms with E-state index < -0.39 is 0 Å². The average Bonchev–Trinajstić information content (AvgIpc) is 2.19. The third kappa shape index (κ3) is 1.27. The molecule has 0 bridgehead atoms. The van der Waals surface area contributed by atoms with Crippen molar-refractivity contribution >= 4 is 7.15 Å². The van der Waals surface area contributed by atoms with E-state index in [4.69, 9.17) is 0 Å². The van der Waals surface area contributed by atoms with Crippen molar-refractivity contribution in [1.29, 1.82) is 0 Å². The van der Waals surface area contributed by atoms with Crippen LogP contribution in [-0.4, -0.2) is 31.6 Å². The minimum absolute atomic E-state index is 0.576. The number of hydrogen-bond donors (Lipinski definition) is 0. The molecule has 0 saturated carbocycles. The predicted molar refractivity (Wildman–Crippen MR) is 32.0 cm³/mol. The molecule has 0 spiro atoms. The second-order valence-corrected chi connectivity index (χ2v) is 1.86. The summed E-state index contributed by atoms with van der Waals surface area (Å²) in [7, 11) is 0.938. The third-order valence-corrected chi connectivity index (χ3v) is 1.23. The van der Waals surface area contributed by atoms with Crippen LogP contribution < -0.4 is 0 Å². The van der Waals surface area contributed by atoms with Gasteiger partial charge in [0, 0.05) is 0 Å². The van der Waals surface area contributed by atoms with Crippen molar-refractivity contribution in [2.45, 2.75) is 0 Å². The summed E-state index contributed by atoms with van der Waals surface area (Å²) in [5.74, 6) is 0. The normalized spacial score (nSPS) is 19.0. The molecule has 3 heteroatoms. The molecule has 1 heterocycles. The Balaban J connectivity index is 2.19. The summed E-state index contributed by atoms with van der Waals surface area (Å²) in [5, 5.41) is 0. The zero-order valence-corrected chi connectivity index (χ0v) is 4.71. The molecule has 0 unspecified atom stereocenters. The predicted octanol–water partition coefficient (Wildman–Crippen LogP) is -0.135. The van der Waals surface area contributed by atoms with Gasteiger partial charge in [0.15, 0.2) is 0 Å². The second-order valence-electron chi connectivity index (χ2n) is 1.86. The van der Waals surface area contributed by atoms with E-state index in [0.717, 1.165) is 20.2 Å². The molecule has 1 rings (SSSR count). The van der Waals surface area contributed by atoms with Crippen LogP contribution in [0.15, 0.2) is 12.2 Å². The van der Waals surface area contributed by atoms with E-state index >= 15 is 0 Å². The Hall–Kier alpha value is -0.435. The van der Waals surface area contributed by atoms with E-state index in [9.17, 15) is 4.70 Å². The molecule has 1 aliphatic heterocycles. The van der Waals surface area contributed by atoms with Crippen molar-refractivity contribution in [2.24, 2.45) is 0 Å². The van der Waals surface area contributed by atoms with Crippen molar-refractivity contribution in [1.82, 2.24) is 4.90 Å². The van der Waals surface area contributed by atoms with Crippen LogP contribution in [-0.2, 0) is 4.70 Å². The van der Waals surface area contributed by atoms with Crippen molar-refractivity contribution in [3.8, 4) is 0 Å². The van der Waals surface area contributed by atoms with E-state index in [0.29, 0.717) is 6.44 Å². The van der Waals surface area contributed by atoms with Crippen LogP contribution in [0, 0.1) is 0 Å². The maximum atomic E-state index is 9.89. The molecule has 0 aromatic rings. The number of nitrogens with zero attached hydrogens (tertiary/aromatic N) is 1. The fourth-order valence-corrected chi connectivity index (χ4v) is 0.776. The molecule has 2 nitrogen and oxygen atoms in total. The van der Waals surface area contributed by atoms with Crippen LogP contribution >= 0.6 is 0 Å². The van der Waals surface area contributed by atoms with Gasteiger partial charge in [0.2, 0.25) is 0 Å². The van der Waals surface area contributed by atoms with Gasteiger partial charge in [0.1, 0.15) is 0 Å². The molecular weight excluding hydrogens is 101 g/mol. The number of hydrogen-bond acceptors (Lipinski definition) is 2. The van der Waals surface area contributed by atoms with Gasteiger partial charge in [-0.15, -0.1) is 0 Å². The summed E-state index contributed by atoms with van der Waals surface area (Å²) in [6.45, 7) is 1.89. The summed E-state index contributed by atoms with van der Waals surface area (Å²) >= 11 is 0. The first kappa shape index (κ1) is 5.70. The summed E-state index contributed by atoms with van der Waals surface area (Å²) in [6.07, 6.45) is 4.72. The van der Waals surface area contributed by atoms with Crippen molar-refractivity contribution < 1.29 is 4.70 Å². The quantitative estimate of drug-likeness (QED) is 0.363. The van der Waals surface area contributed by atoms with Crippen LogP contribution in [0.25, 0.3) is 0 Å². The van der Waals surface area contributed by atoms with Crippen LogP contribution in [0.4, 0.5) is 0 Å². The Morgan fingerprint density at radius 1 is 1.50 bits per heavy atom. The monoisotopic (exact) mass is 109 g/mol. The minimum atomic E-state index is 0.576. The molecule has 1 aliphatic rings. The van der Waals surface area contributed by atoms with E-state index in [1.807, 2.05) is 0 Å². The van der Waals surface area contributed by atoms with Gasteiger partial charge in [-0.25, -0.2) is 0 Å². The van der Waals surface area contributed by atoms with Gasteiger partial charge < -0.3 is 0 Å².